The van der Waals surface area contributed by atoms with Crippen molar-refractivity contribution in [2.75, 3.05) is 40.9 Å². The topological polar surface area (TPSA) is 114 Å². The number of carbonyl (C=O) groups excluding carboxylic acids is 2. The van der Waals surface area contributed by atoms with Gasteiger partial charge in [-0.05, 0) is 70.3 Å². The Bertz CT molecular complexity index is 1410. The van der Waals surface area contributed by atoms with Crippen molar-refractivity contribution in [3.05, 3.63) is 48.6 Å². The number of amides is 1. The second kappa shape index (κ2) is 54.3. The van der Waals surface area contributed by atoms with E-state index in [1.807, 2.05) is 33.3 Å². The summed E-state index contributed by atoms with van der Waals surface area (Å²) in [5.74, 6) is -0.538. The van der Waals surface area contributed by atoms with Gasteiger partial charge in [0.2, 0.25) is 5.91 Å². The first-order valence-electron chi connectivity index (χ1n) is 31.4. The van der Waals surface area contributed by atoms with Crippen LogP contribution in [-0.4, -0.2) is 69.4 Å². The normalized spacial score (nSPS) is 14.0. The average Bonchev–Trinajstić information content (AvgIpc) is 3.36. The Morgan fingerprint density at radius 1 is 0.473 bits per heavy atom. The first-order valence-corrected chi connectivity index (χ1v) is 32.9. The molecule has 0 heterocycles. The number of phosphoric ester groups is 1. The van der Waals surface area contributed by atoms with Crippen molar-refractivity contribution in [2.24, 2.45) is 0 Å². The molecule has 0 aromatic heterocycles. The summed E-state index contributed by atoms with van der Waals surface area (Å²) in [7, 11) is 1.19. The van der Waals surface area contributed by atoms with E-state index < -0.39 is 20.0 Å². The molecule has 0 spiro atoms. The molecule has 0 fully saturated rings. The molecule has 0 aliphatic carbocycles. The highest BCUT2D eigenvalue weighted by atomic mass is 31.2. The molecule has 0 saturated carbocycles. The predicted octanol–water partition coefficient (Wildman–Crippen LogP) is 18.6. The largest absolute Gasteiger partial charge is 0.756 e. The van der Waals surface area contributed by atoms with Crippen molar-refractivity contribution < 1.29 is 37.3 Å². The molecule has 10 heteroatoms. The number of carbonyl (C=O) groups is 2. The van der Waals surface area contributed by atoms with Crippen molar-refractivity contribution in [3.63, 3.8) is 0 Å². The van der Waals surface area contributed by atoms with E-state index in [4.69, 9.17) is 13.8 Å². The lowest BCUT2D eigenvalue weighted by Crippen LogP contribution is -2.47. The number of esters is 1. The molecule has 1 N–H and O–H groups in total. The summed E-state index contributed by atoms with van der Waals surface area (Å²) in [6.45, 7) is 6.84. The minimum Gasteiger partial charge on any atom is -0.756 e. The number of hydrogen-bond donors (Lipinski definition) is 1. The van der Waals surface area contributed by atoms with Gasteiger partial charge >= 0.3 is 5.97 Å². The number of nitrogens with zero attached hydrogens (tertiary/aromatic N) is 1. The van der Waals surface area contributed by atoms with Crippen LogP contribution in [0, 0.1) is 0 Å². The minimum absolute atomic E-state index is 0.0223. The molecule has 0 aliphatic rings. The fourth-order valence-electron chi connectivity index (χ4n) is 9.12. The van der Waals surface area contributed by atoms with Crippen molar-refractivity contribution in [1.82, 2.24) is 5.32 Å². The van der Waals surface area contributed by atoms with Crippen LogP contribution >= 0.6 is 7.82 Å². The van der Waals surface area contributed by atoms with Gasteiger partial charge in [0, 0.05) is 12.8 Å². The van der Waals surface area contributed by atoms with Crippen molar-refractivity contribution in [3.8, 4) is 0 Å². The van der Waals surface area contributed by atoms with Gasteiger partial charge in [0.1, 0.15) is 19.3 Å². The lowest BCUT2D eigenvalue weighted by molar-refractivity contribution is -0.870. The number of ether oxygens (including phenoxy) is 1. The third-order valence-corrected chi connectivity index (χ3v) is 15.0. The molecule has 3 atom stereocenters. The Hall–Kier alpha value is -2.03. The highest BCUT2D eigenvalue weighted by Crippen LogP contribution is 2.38. The smallest absolute Gasteiger partial charge is 0.306 e. The van der Waals surface area contributed by atoms with Gasteiger partial charge in [-0.15, -0.1) is 0 Å². The average molecular weight is 1060 g/mol. The summed E-state index contributed by atoms with van der Waals surface area (Å²) in [5, 5.41) is 3.03. The number of quaternary nitrogens is 1. The van der Waals surface area contributed by atoms with Crippen LogP contribution in [0.3, 0.4) is 0 Å². The highest BCUT2D eigenvalue weighted by Gasteiger charge is 2.27. The molecule has 434 valence electrons. The molecule has 74 heavy (non-hydrogen) atoms. The maximum atomic E-state index is 13.5. The number of likely N-dealkylation sites (N-methyl/N-ethyl adjacent to an activating group) is 1. The molecule has 0 aliphatic heterocycles. The third-order valence-electron chi connectivity index (χ3n) is 14.0. The maximum Gasteiger partial charge on any atom is 0.306 e. The zero-order valence-corrected chi connectivity index (χ0v) is 50.4. The predicted molar refractivity (Wildman–Crippen MR) is 316 cm³/mol. The van der Waals surface area contributed by atoms with E-state index in [1.54, 1.807) is 0 Å². The molecule has 0 aromatic carbocycles. The van der Waals surface area contributed by atoms with Gasteiger partial charge in [0.05, 0.1) is 33.8 Å². The number of rotatable bonds is 57. The van der Waals surface area contributed by atoms with E-state index in [-0.39, 0.29) is 31.5 Å². The maximum absolute atomic E-state index is 13.5. The van der Waals surface area contributed by atoms with Gasteiger partial charge < -0.3 is 28.5 Å². The van der Waals surface area contributed by atoms with Crippen LogP contribution in [0.15, 0.2) is 48.6 Å². The van der Waals surface area contributed by atoms with Crippen molar-refractivity contribution in [2.45, 2.75) is 309 Å². The third kappa shape index (κ3) is 54.7. The van der Waals surface area contributed by atoms with Crippen molar-refractivity contribution >= 4 is 19.7 Å². The number of nitrogens with one attached hydrogen (secondary N) is 1. The highest BCUT2D eigenvalue weighted by molar-refractivity contribution is 7.45. The van der Waals surface area contributed by atoms with Crippen LogP contribution in [-0.2, 0) is 27.9 Å². The van der Waals surface area contributed by atoms with Gasteiger partial charge in [-0.25, -0.2) is 0 Å². The van der Waals surface area contributed by atoms with E-state index in [1.165, 1.54) is 180 Å². The number of allylic oxidation sites excluding steroid dienone is 7. The van der Waals surface area contributed by atoms with Crippen LogP contribution in [0.2, 0.25) is 0 Å². The summed E-state index contributed by atoms with van der Waals surface area (Å²) in [6, 6.07) is -0.888. The summed E-state index contributed by atoms with van der Waals surface area (Å²) < 4.78 is 30.3. The fraction of sp³-hybridized carbons (Fsp3) is 0.844. The first-order chi connectivity index (χ1) is 35.9. The number of unbranched alkanes of at least 4 members (excludes halogenated alkanes) is 35. The standard InChI is InChI=1S/C64H121N2O7P/c1-7-10-13-16-19-22-25-28-30-31-32-33-34-35-36-39-42-45-48-51-54-57-64(68)73-62(55-52-49-46-43-40-37-27-24-21-18-15-12-9-3)61(60-72-74(69,70)71-59-58-66(4,5)6)65-63(67)56-53-50-47-44-41-38-29-26-23-20-17-14-11-8-2/h19,22,28,30,32-33,52,55,61-62H,7-18,20-21,23-27,29,31,34-51,53-54,56-60H2,1-6H3,(H-,65,67,69,70)/b22-19-,30-28-,33-32-,55-52+. The molecule has 1 amide bonds. The van der Waals surface area contributed by atoms with E-state index in [0.29, 0.717) is 17.4 Å². The second-order valence-corrected chi connectivity index (χ2v) is 24.0. The summed E-state index contributed by atoms with van der Waals surface area (Å²) in [4.78, 5) is 40.0. The molecular formula is C64H121N2O7P. The Balaban J connectivity index is 5.25. The first kappa shape index (κ1) is 72.0. The number of hydrogen-bond acceptors (Lipinski definition) is 7. The molecule has 0 rings (SSSR count). The fourth-order valence-corrected chi connectivity index (χ4v) is 9.84. The molecule has 0 bridgehead atoms. The van der Waals surface area contributed by atoms with E-state index >= 15 is 0 Å². The van der Waals surface area contributed by atoms with E-state index in [2.05, 4.69) is 62.5 Å². The van der Waals surface area contributed by atoms with Crippen molar-refractivity contribution in [1.29, 1.82) is 0 Å². The Morgan fingerprint density at radius 3 is 1.26 bits per heavy atom. The zero-order valence-electron chi connectivity index (χ0n) is 49.6. The molecule has 0 saturated heterocycles. The van der Waals surface area contributed by atoms with Crippen LogP contribution < -0.4 is 10.2 Å². The second-order valence-electron chi connectivity index (χ2n) is 22.6. The number of phosphoric acid groups is 1. The lowest BCUT2D eigenvalue weighted by atomic mass is 10.0. The Kier molecular flexibility index (Phi) is 52.8. The lowest BCUT2D eigenvalue weighted by Gasteiger charge is -2.30. The minimum atomic E-state index is -4.70. The van der Waals surface area contributed by atoms with Crippen LogP contribution in [0.25, 0.3) is 0 Å². The van der Waals surface area contributed by atoms with Gasteiger partial charge in [-0.2, -0.15) is 0 Å². The quantitative estimate of drug-likeness (QED) is 0.0212. The Labute approximate surface area is 458 Å². The SMILES string of the molecule is CCCCC/C=C\C/C=C\C/C=C\CCCCCCCCCCC(=O)OC(/C=C/CCCCCCCCCCCCC)C(COP(=O)([O-])OCC[N+](C)(C)C)NC(=O)CCCCCCCCCCCCCCCC. The zero-order chi connectivity index (χ0) is 54.3. The molecular weight excluding hydrogens is 940 g/mol. The summed E-state index contributed by atoms with van der Waals surface area (Å²) >= 11 is 0. The van der Waals surface area contributed by atoms with Gasteiger partial charge in [-0.3, -0.25) is 14.2 Å². The molecule has 0 radical (unpaired) electrons. The van der Waals surface area contributed by atoms with Crippen LogP contribution in [0.4, 0.5) is 0 Å². The monoisotopic (exact) mass is 1060 g/mol. The molecule has 3 unspecified atom stereocenters. The van der Waals surface area contributed by atoms with Crippen LogP contribution in [0.1, 0.15) is 297 Å². The molecule has 0 aromatic rings. The van der Waals surface area contributed by atoms with Gasteiger partial charge in [0.25, 0.3) is 7.82 Å². The van der Waals surface area contributed by atoms with E-state index in [9.17, 15) is 19.0 Å². The van der Waals surface area contributed by atoms with Crippen LogP contribution in [0.5, 0.6) is 0 Å². The summed E-state index contributed by atoms with van der Waals surface area (Å²) in [6.07, 6.45) is 66.4. The summed E-state index contributed by atoms with van der Waals surface area (Å²) in [5.41, 5.74) is 0. The Morgan fingerprint density at radius 2 is 0.824 bits per heavy atom. The van der Waals surface area contributed by atoms with E-state index in [0.717, 1.165) is 83.5 Å². The molecule has 9 nitrogen and oxygen atoms in total. The van der Waals surface area contributed by atoms with Gasteiger partial charge in [-0.1, -0.05) is 262 Å². The van der Waals surface area contributed by atoms with Gasteiger partial charge in [0.15, 0.2) is 0 Å².